The minimum atomic E-state index is 0.431. The number of nitrogens with zero attached hydrogens (tertiary/aromatic N) is 3. The summed E-state index contributed by atoms with van der Waals surface area (Å²) in [5.41, 5.74) is 7.99. The van der Waals surface area contributed by atoms with Crippen molar-refractivity contribution in [3.63, 3.8) is 0 Å². The van der Waals surface area contributed by atoms with Gasteiger partial charge in [-0.15, -0.1) is 0 Å². The van der Waals surface area contributed by atoms with Crippen LogP contribution in [0.25, 0.3) is 22.8 Å². The summed E-state index contributed by atoms with van der Waals surface area (Å²) < 4.78 is 6.92. The number of nitrogen functional groups attached to an aromatic ring is 1. The van der Waals surface area contributed by atoms with Crippen molar-refractivity contribution in [2.45, 2.75) is 0 Å². The smallest absolute Gasteiger partial charge is 0.258 e. The lowest BCUT2D eigenvalue weighted by molar-refractivity contribution is 0.432. The largest absolute Gasteiger partial charge is 0.398 e. The number of nitrogens with two attached hydrogens (primary N) is 1. The normalized spacial score (nSPS) is 10.7. The third-order valence-electron chi connectivity index (χ3n) is 2.64. The van der Waals surface area contributed by atoms with E-state index < -0.39 is 0 Å². The summed E-state index contributed by atoms with van der Waals surface area (Å²) in [6.45, 7) is 0. The molecule has 0 spiro atoms. The van der Waals surface area contributed by atoms with Crippen LogP contribution in [0.2, 0.25) is 0 Å². The van der Waals surface area contributed by atoms with Crippen molar-refractivity contribution in [3.05, 3.63) is 45.6 Å². The molecule has 0 unspecified atom stereocenters. The molecule has 0 atom stereocenters. The van der Waals surface area contributed by atoms with E-state index in [1.54, 1.807) is 18.5 Å². The highest BCUT2D eigenvalue weighted by Crippen LogP contribution is 2.28. The van der Waals surface area contributed by atoms with Gasteiger partial charge in [-0.1, -0.05) is 5.16 Å². The zero-order chi connectivity index (χ0) is 14.1. The Morgan fingerprint density at radius 1 is 1.05 bits per heavy atom. The van der Waals surface area contributed by atoms with Crippen LogP contribution < -0.4 is 5.73 Å². The molecule has 2 heterocycles. The van der Waals surface area contributed by atoms with Crippen molar-refractivity contribution in [2.75, 3.05) is 5.73 Å². The van der Waals surface area contributed by atoms with E-state index in [0.29, 0.717) is 17.4 Å². The number of halogens is 2. The van der Waals surface area contributed by atoms with Crippen LogP contribution in [0, 0.1) is 0 Å². The molecule has 3 rings (SSSR count). The Morgan fingerprint density at radius 2 is 1.90 bits per heavy atom. The van der Waals surface area contributed by atoms with Crippen LogP contribution in [0.3, 0.4) is 0 Å². The predicted octanol–water partition coefficient (Wildman–Crippen LogP) is 3.91. The van der Waals surface area contributed by atoms with E-state index in [1.165, 1.54) is 0 Å². The highest BCUT2D eigenvalue weighted by atomic mass is 79.9. The average molecular weight is 396 g/mol. The van der Waals surface area contributed by atoms with Crippen molar-refractivity contribution in [3.8, 4) is 22.8 Å². The number of rotatable bonds is 2. The van der Waals surface area contributed by atoms with Gasteiger partial charge in [0.15, 0.2) is 0 Å². The van der Waals surface area contributed by atoms with Gasteiger partial charge in [0.05, 0.1) is 0 Å². The molecular weight excluding hydrogens is 388 g/mol. The molecule has 5 nitrogen and oxygen atoms in total. The number of anilines is 1. The molecule has 0 amide bonds. The van der Waals surface area contributed by atoms with E-state index >= 15 is 0 Å². The Bertz CT molecular complexity index is 773. The van der Waals surface area contributed by atoms with Crippen LogP contribution in [-0.4, -0.2) is 15.1 Å². The van der Waals surface area contributed by atoms with Gasteiger partial charge < -0.3 is 10.3 Å². The zero-order valence-electron chi connectivity index (χ0n) is 10.0. The number of benzene rings is 1. The number of pyridine rings is 1. The minimum Gasteiger partial charge on any atom is -0.398 e. The molecule has 0 aliphatic rings. The first-order chi connectivity index (χ1) is 9.63. The van der Waals surface area contributed by atoms with Crippen LogP contribution in [0.1, 0.15) is 0 Å². The third kappa shape index (κ3) is 2.59. The quantitative estimate of drug-likeness (QED) is 0.665. The summed E-state index contributed by atoms with van der Waals surface area (Å²) in [7, 11) is 0. The van der Waals surface area contributed by atoms with Gasteiger partial charge in [-0.2, -0.15) is 4.98 Å². The Hall–Kier alpha value is -1.73. The monoisotopic (exact) mass is 394 g/mol. The zero-order valence-corrected chi connectivity index (χ0v) is 13.2. The van der Waals surface area contributed by atoms with Crippen LogP contribution in [0.15, 0.2) is 50.1 Å². The number of hydrogen-bond donors (Lipinski definition) is 1. The maximum Gasteiger partial charge on any atom is 0.258 e. The van der Waals surface area contributed by atoms with Gasteiger partial charge in [0.1, 0.15) is 0 Å². The Morgan fingerprint density at radius 3 is 2.65 bits per heavy atom. The molecule has 0 saturated heterocycles. The van der Waals surface area contributed by atoms with Crippen molar-refractivity contribution in [1.29, 1.82) is 0 Å². The minimum absolute atomic E-state index is 0.431. The summed E-state index contributed by atoms with van der Waals surface area (Å²) in [4.78, 5) is 8.44. The SMILES string of the molecule is Nc1ccc(-c2nc(-c3cncc(Br)c3)no2)cc1Br. The molecule has 0 radical (unpaired) electrons. The Labute approximate surface area is 131 Å². The third-order valence-corrected chi connectivity index (χ3v) is 3.76. The molecule has 0 aliphatic carbocycles. The standard InChI is InChI=1S/C13H8Br2N4O/c14-9-3-8(5-17-6-9)12-18-13(20-19-12)7-1-2-11(16)10(15)4-7/h1-6H,16H2. The molecule has 7 heteroatoms. The lowest BCUT2D eigenvalue weighted by atomic mass is 10.2. The molecular formula is C13H8Br2N4O. The molecule has 0 bridgehead atoms. The van der Waals surface area contributed by atoms with Crippen molar-refractivity contribution in [2.24, 2.45) is 0 Å². The van der Waals surface area contributed by atoms with Gasteiger partial charge in [-0.3, -0.25) is 4.98 Å². The lowest BCUT2D eigenvalue weighted by Gasteiger charge is -1.99. The first-order valence-corrected chi connectivity index (χ1v) is 7.22. The summed E-state index contributed by atoms with van der Waals surface area (Å²) in [6.07, 6.45) is 3.37. The van der Waals surface area contributed by atoms with E-state index in [-0.39, 0.29) is 0 Å². The van der Waals surface area contributed by atoms with E-state index in [9.17, 15) is 0 Å². The maximum atomic E-state index is 5.75. The molecule has 20 heavy (non-hydrogen) atoms. The highest BCUT2D eigenvalue weighted by molar-refractivity contribution is 9.10. The highest BCUT2D eigenvalue weighted by Gasteiger charge is 2.12. The van der Waals surface area contributed by atoms with Crippen LogP contribution >= 0.6 is 31.9 Å². The average Bonchev–Trinajstić information content (AvgIpc) is 2.92. The molecule has 2 aromatic heterocycles. The summed E-state index contributed by atoms with van der Waals surface area (Å²) in [6, 6.07) is 7.33. The Kier molecular flexibility index (Phi) is 3.54. The fourth-order valence-corrected chi connectivity index (χ4v) is 2.40. The van der Waals surface area contributed by atoms with Crippen molar-refractivity contribution < 1.29 is 4.52 Å². The molecule has 100 valence electrons. The first kappa shape index (κ1) is 13.3. The van der Waals surface area contributed by atoms with Crippen molar-refractivity contribution in [1.82, 2.24) is 15.1 Å². The van der Waals surface area contributed by atoms with E-state index in [0.717, 1.165) is 20.1 Å². The second kappa shape index (κ2) is 5.34. The van der Waals surface area contributed by atoms with Crippen LogP contribution in [0.5, 0.6) is 0 Å². The summed E-state index contributed by atoms with van der Waals surface area (Å²) >= 11 is 6.73. The van der Waals surface area contributed by atoms with E-state index in [4.69, 9.17) is 10.3 Å². The summed E-state index contributed by atoms with van der Waals surface area (Å²) in [5, 5.41) is 3.96. The topological polar surface area (TPSA) is 77.8 Å². The molecule has 1 aromatic carbocycles. The van der Waals surface area contributed by atoms with Gasteiger partial charge in [-0.25, -0.2) is 0 Å². The molecule has 3 aromatic rings. The Balaban J connectivity index is 1.99. The van der Waals surface area contributed by atoms with Gasteiger partial charge in [-0.05, 0) is 56.1 Å². The van der Waals surface area contributed by atoms with Gasteiger partial charge in [0, 0.05) is 38.2 Å². The molecule has 0 fully saturated rings. The van der Waals surface area contributed by atoms with E-state index in [1.807, 2.05) is 18.2 Å². The fourth-order valence-electron chi connectivity index (χ4n) is 1.65. The maximum absolute atomic E-state index is 5.75. The summed E-state index contributed by atoms with van der Waals surface area (Å²) in [5.74, 6) is 0.919. The first-order valence-electron chi connectivity index (χ1n) is 5.63. The fraction of sp³-hybridized carbons (Fsp3) is 0. The second-order valence-electron chi connectivity index (χ2n) is 4.05. The van der Waals surface area contributed by atoms with Gasteiger partial charge in [0.2, 0.25) is 5.82 Å². The predicted molar refractivity (Wildman–Crippen MR) is 82.8 cm³/mol. The van der Waals surface area contributed by atoms with Gasteiger partial charge >= 0.3 is 0 Å². The van der Waals surface area contributed by atoms with Crippen LogP contribution in [0.4, 0.5) is 5.69 Å². The number of hydrogen-bond acceptors (Lipinski definition) is 5. The molecule has 0 aliphatic heterocycles. The lowest BCUT2D eigenvalue weighted by Crippen LogP contribution is -1.87. The molecule has 2 N–H and O–H groups in total. The van der Waals surface area contributed by atoms with E-state index in [2.05, 4.69) is 47.0 Å². The van der Waals surface area contributed by atoms with Crippen molar-refractivity contribution >= 4 is 37.5 Å². The van der Waals surface area contributed by atoms with Crippen LogP contribution in [-0.2, 0) is 0 Å². The number of aromatic nitrogens is 3. The van der Waals surface area contributed by atoms with Gasteiger partial charge in [0.25, 0.3) is 5.89 Å². The second-order valence-corrected chi connectivity index (χ2v) is 5.82. The molecule has 0 saturated carbocycles.